The van der Waals surface area contributed by atoms with Gasteiger partial charge in [0.2, 0.25) is 5.91 Å². The summed E-state index contributed by atoms with van der Waals surface area (Å²) in [6.07, 6.45) is 7.15. The average Bonchev–Trinajstić information content (AvgIpc) is 2.62. The van der Waals surface area contributed by atoms with E-state index in [9.17, 15) is 4.79 Å². The van der Waals surface area contributed by atoms with Crippen molar-refractivity contribution in [1.82, 2.24) is 5.32 Å². The lowest BCUT2D eigenvalue weighted by atomic mass is 9.96. The van der Waals surface area contributed by atoms with Crippen molar-refractivity contribution in [3.8, 4) is 0 Å². The predicted octanol–water partition coefficient (Wildman–Crippen LogP) is 0.536. The maximum atomic E-state index is 10.9. The Morgan fingerprint density at radius 3 is 2.50 bits per heavy atom. The number of primary amides is 1. The summed E-state index contributed by atoms with van der Waals surface area (Å²) in [6, 6.07) is -0.0527. The lowest BCUT2D eigenvalue weighted by molar-refractivity contribution is -0.119. The summed E-state index contributed by atoms with van der Waals surface area (Å²) in [5.41, 5.74) is 5.54. The van der Waals surface area contributed by atoms with Gasteiger partial charge in [-0.3, -0.25) is 4.79 Å². The molecule has 1 spiro atoms. The molecule has 0 radical (unpaired) electrons. The van der Waals surface area contributed by atoms with E-state index in [0.29, 0.717) is 5.54 Å². The average molecular weight is 168 g/mol. The van der Waals surface area contributed by atoms with Crippen LogP contribution in [0.4, 0.5) is 0 Å². The minimum Gasteiger partial charge on any atom is -0.368 e. The summed E-state index contributed by atoms with van der Waals surface area (Å²) >= 11 is 0. The molecule has 1 unspecified atom stereocenters. The molecular weight excluding hydrogens is 152 g/mol. The first-order valence-electron chi connectivity index (χ1n) is 4.79. The molecule has 0 aromatic rings. The summed E-state index contributed by atoms with van der Waals surface area (Å²) in [5, 5.41) is 3.39. The minimum absolute atomic E-state index is 0.0527. The Balaban J connectivity index is 2.01. The van der Waals surface area contributed by atoms with Crippen LogP contribution in [0, 0.1) is 0 Å². The second kappa shape index (κ2) is 2.73. The van der Waals surface area contributed by atoms with Gasteiger partial charge < -0.3 is 11.1 Å². The van der Waals surface area contributed by atoms with Gasteiger partial charge in [0.1, 0.15) is 0 Å². The monoisotopic (exact) mass is 168 g/mol. The van der Waals surface area contributed by atoms with E-state index in [0.717, 1.165) is 12.8 Å². The van der Waals surface area contributed by atoms with Crippen molar-refractivity contribution in [3.05, 3.63) is 0 Å². The molecule has 3 nitrogen and oxygen atoms in total. The molecule has 0 aromatic carbocycles. The number of nitrogens with one attached hydrogen (secondary N) is 1. The molecule has 2 rings (SSSR count). The van der Waals surface area contributed by atoms with E-state index in [1.54, 1.807) is 0 Å². The molecule has 2 fully saturated rings. The van der Waals surface area contributed by atoms with Gasteiger partial charge in [0.25, 0.3) is 0 Å². The highest BCUT2D eigenvalue weighted by atomic mass is 16.1. The van der Waals surface area contributed by atoms with Gasteiger partial charge >= 0.3 is 0 Å². The smallest absolute Gasteiger partial charge is 0.234 e. The molecule has 12 heavy (non-hydrogen) atoms. The maximum absolute atomic E-state index is 10.9. The number of amides is 1. The molecule has 2 aliphatic rings. The standard InChI is InChI=1S/C9H16N2O/c10-8(12)7-3-6-9(11-7)4-1-2-5-9/h7,11H,1-6H2,(H2,10,12). The molecule has 3 N–H and O–H groups in total. The third-order valence-electron chi connectivity index (χ3n) is 3.30. The zero-order valence-corrected chi connectivity index (χ0v) is 7.31. The van der Waals surface area contributed by atoms with Crippen LogP contribution in [-0.4, -0.2) is 17.5 Å². The van der Waals surface area contributed by atoms with E-state index < -0.39 is 0 Å². The first-order chi connectivity index (χ1) is 5.72. The van der Waals surface area contributed by atoms with Crippen LogP contribution in [0.3, 0.4) is 0 Å². The number of carbonyl (C=O) groups excluding carboxylic acids is 1. The van der Waals surface area contributed by atoms with Crippen LogP contribution >= 0.6 is 0 Å². The van der Waals surface area contributed by atoms with Gasteiger partial charge in [0.05, 0.1) is 6.04 Å². The van der Waals surface area contributed by atoms with Crippen molar-refractivity contribution in [1.29, 1.82) is 0 Å². The molecule has 1 saturated carbocycles. The molecule has 3 heteroatoms. The fraction of sp³-hybridized carbons (Fsp3) is 0.889. The summed E-state index contributed by atoms with van der Waals surface area (Å²) in [5.74, 6) is -0.182. The Hall–Kier alpha value is -0.570. The molecular formula is C9H16N2O. The van der Waals surface area contributed by atoms with Crippen molar-refractivity contribution in [2.75, 3.05) is 0 Å². The molecule has 1 aliphatic heterocycles. The van der Waals surface area contributed by atoms with Crippen molar-refractivity contribution < 1.29 is 4.79 Å². The number of nitrogens with two attached hydrogens (primary N) is 1. The van der Waals surface area contributed by atoms with Gasteiger partial charge in [-0.1, -0.05) is 12.8 Å². The second-order valence-corrected chi connectivity index (χ2v) is 4.13. The lowest BCUT2D eigenvalue weighted by Gasteiger charge is -2.23. The van der Waals surface area contributed by atoms with Gasteiger partial charge in [-0.05, 0) is 25.7 Å². The molecule has 1 heterocycles. The van der Waals surface area contributed by atoms with Gasteiger partial charge in [0.15, 0.2) is 0 Å². The Bertz CT molecular complexity index is 197. The summed E-state index contributed by atoms with van der Waals surface area (Å²) < 4.78 is 0. The van der Waals surface area contributed by atoms with Gasteiger partial charge in [-0.25, -0.2) is 0 Å². The largest absolute Gasteiger partial charge is 0.368 e. The Kier molecular flexibility index (Phi) is 1.83. The third kappa shape index (κ3) is 1.22. The van der Waals surface area contributed by atoms with Crippen LogP contribution in [-0.2, 0) is 4.79 Å². The van der Waals surface area contributed by atoms with Crippen LogP contribution < -0.4 is 11.1 Å². The topological polar surface area (TPSA) is 55.1 Å². The van der Waals surface area contributed by atoms with E-state index in [1.165, 1.54) is 25.7 Å². The highest BCUT2D eigenvalue weighted by Gasteiger charge is 2.41. The van der Waals surface area contributed by atoms with E-state index in [4.69, 9.17) is 5.73 Å². The summed E-state index contributed by atoms with van der Waals surface area (Å²) in [6.45, 7) is 0. The molecule has 1 aliphatic carbocycles. The van der Waals surface area contributed by atoms with E-state index in [1.807, 2.05) is 0 Å². The van der Waals surface area contributed by atoms with Crippen molar-refractivity contribution >= 4 is 5.91 Å². The number of carbonyl (C=O) groups is 1. The molecule has 68 valence electrons. The molecule has 1 atom stereocenters. The van der Waals surface area contributed by atoms with Crippen molar-refractivity contribution in [2.24, 2.45) is 5.73 Å². The highest BCUT2D eigenvalue weighted by molar-refractivity contribution is 5.80. The Labute approximate surface area is 72.7 Å². The first-order valence-corrected chi connectivity index (χ1v) is 4.79. The fourth-order valence-electron chi connectivity index (χ4n) is 2.59. The third-order valence-corrected chi connectivity index (χ3v) is 3.30. The van der Waals surface area contributed by atoms with Crippen LogP contribution in [0.1, 0.15) is 38.5 Å². The summed E-state index contributed by atoms with van der Waals surface area (Å²) in [4.78, 5) is 10.9. The Morgan fingerprint density at radius 1 is 1.33 bits per heavy atom. The van der Waals surface area contributed by atoms with Gasteiger partial charge in [0, 0.05) is 5.54 Å². The van der Waals surface area contributed by atoms with Crippen LogP contribution in [0.5, 0.6) is 0 Å². The van der Waals surface area contributed by atoms with Crippen molar-refractivity contribution in [3.63, 3.8) is 0 Å². The number of hydrogen-bond donors (Lipinski definition) is 2. The number of hydrogen-bond acceptors (Lipinski definition) is 2. The Morgan fingerprint density at radius 2 is 2.00 bits per heavy atom. The first kappa shape index (κ1) is 8.05. The maximum Gasteiger partial charge on any atom is 0.234 e. The summed E-state index contributed by atoms with van der Waals surface area (Å²) in [7, 11) is 0. The normalized spacial score (nSPS) is 32.8. The lowest BCUT2D eigenvalue weighted by Crippen LogP contribution is -2.45. The van der Waals surface area contributed by atoms with E-state index >= 15 is 0 Å². The quantitative estimate of drug-likeness (QED) is 0.600. The second-order valence-electron chi connectivity index (χ2n) is 4.13. The minimum atomic E-state index is -0.182. The van der Waals surface area contributed by atoms with E-state index in [-0.39, 0.29) is 11.9 Å². The predicted molar refractivity (Wildman–Crippen MR) is 46.6 cm³/mol. The molecule has 1 saturated heterocycles. The van der Waals surface area contributed by atoms with Gasteiger partial charge in [-0.2, -0.15) is 0 Å². The zero-order chi connectivity index (χ0) is 8.60. The molecule has 1 amide bonds. The van der Waals surface area contributed by atoms with Crippen molar-refractivity contribution in [2.45, 2.75) is 50.1 Å². The highest BCUT2D eigenvalue weighted by Crippen LogP contribution is 2.38. The SMILES string of the molecule is NC(=O)C1CCC2(CCCC2)N1. The fourth-order valence-corrected chi connectivity index (χ4v) is 2.59. The number of rotatable bonds is 1. The van der Waals surface area contributed by atoms with E-state index in [2.05, 4.69) is 5.32 Å². The van der Waals surface area contributed by atoms with Crippen LogP contribution in [0.2, 0.25) is 0 Å². The van der Waals surface area contributed by atoms with Crippen LogP contribution in [0.25, 0.3) is 0 Å². The molecule has 0 bridgehead atoms. The zero-order valence-electron chi connectivity index (χ0n) is 7.31. The molecule has 0 aromatic heterocycles. The van der Waals surface area contributed by atoms with Crippen LogP contribution in [0.15, 0.2) is 0 Å². The van der Waals surface area contributed by atoms with Gasteiger partial charge in [-0.15, -0.1) is 0 Å².